The fourth-order valence-corrected chi connectivity index (χ4v) is 10.9. The summed E-state index contributed by atoms with van der Waals surface area (Å²) in [5, 5.41) is 22.2. The first-order valence-corrected chi connectivity index (χ1v) is 18.2. The number of ether oxygens (including phenoxy) is 2. The summed E-state index contributed by atoms with van der Waals surface area (Å²) in [6.45, 7) is 12.9. The molecule has 0 heterocycles. The standard InChI is InChI=1S/C38H56N2O7/c1-25(2)9-8-10-26(3)33-13-14-34-32-12-11-28-23-31(15-17-37(28,4)35(32)16-18-38(33,34)5)46-19-6-7-20-47-36(41)27-21-29(39(42)43)24-30(22-27)40(44)45/h6-7,21-22,24-26,28,31-35H,8-20,23H2,1-5H3. The second-order valence-electron chi connectivity index (χ2n) is 16.2. The number of non-ortho nitro benzene ring substituents is 2. The average molecular weight is 653 g/mol. The van der Waals surface area contributed by atoms with E-state index in [0.29, 0.717) is 23.4 Å². The second-order valence-corrected chi connectivity index (χ2v) is 16.2. The van der Waals surface area contributed by atoms with Crippen molar-refractivity contribution in [1.29, 1.82) is 0 Å². The van der Waals surface area contributed by atoms with Gasteiger partial charge >= 0.3 is 5.97 Å². The number of hydrogen-bond acceptors (Lipinski definition) is 7. The van der Waals surface area contributed by atoms with Crippen molar-refractivity contribution in [2.24, 2.45) is 52.3 Å². The van der Waals surface area contributed by atoms with E-state index in [1.54, 1.807) is 6.08 Å². The minimum Gasteiger partial charge on any atom is -0.458 e. The molecular weight excluding hydrogens is 596 g/mol. The van der Waals surface area contributed by atoms with Crippen molar-refractivity contribution in [3.8, 4) is 0 Å². The Morgan fingerprint density at radius 1 is 0.872 bits per heavy atom. The number of nitrogens with zero attached hydrogens (tertiary/aromatic N) is 2. The van der Waals surface area contributed by atoms with Crippen LogP contribution in [0.5, 0.6) is 0 Å². The highest BCUT2D eigenvalue weighted by Crippen LogP contribution is 2.68. The molecule has 9 unspecified atom stereocenters. The van der Waals surface area contributed by atoms with Crippen LogP contribution in [0.25, 0.3) is 0 Å². The van der Waals surface area contributed by atoms with E-state index in [-0.39, 0.29) is 18.3 Å². The third-order valence-corrected chi connectivity index (χ3v) is 13.3. The first-order valence-electron chi connectivity index (χ1n) is 18.2. The molecule has 0 aromatic heterocycles. The number of rotatable bonds is 13. The van der Waals surface area contributed by atoms with Crippen molar-refractivity contribution in [2.75, 3.05) is 13.2 Å². The number of esters is 1. The monoisotopic (exact) mass is 652 g/mol. The molecule has 1 aromatic rings. The van der Waals surface area contributed by atoms with E-state index >= 15 is 0 Å². The fourth-order valence-electron chi connectivity index (χ4n) is 10.9. The minimum absolute atomic E-state index is 0.0508. The molecule has 9 heteroatoms. The number of benzene rings is 1. The molecule has 0 bridgehead atoms. The Morgan fingerprint density at radius 2 is 1.53 bits per heavy atom. The lowest BCUT2D eigenvalue weighted by atomic mass is 9.44. The lowest BCUT2D eigenvalue weighted by Crippen LogP contribution is -2.54. The highest BCUT2D eigenvalue weighted by molar-refractivity contribution is 5.91. The number of hydrogen-bond donors (Lipinski definition) is 0. The van der Waals surface area contributed by atoms with Crippen LogP contribution in [0.4, 0.5) is 11.4 Å². The molecule has 4 aliphatic carbocycles. The highest BCUT2D eigenvalue weighted by atomic mass is 16.6. The normalized spacial score (nSPS) is 34.0. The molecule has 4 fully saturated rings. The van der Waals surface area contributed by atoms with Gasteiger partial charge in [0.25, 0.3) is 11.4 Å². The first-order chi connectivity index (χ1) is 22.3. The summed E-state index contributed by atoms with van der Waals surface area (Å²) in [5.74, 6) is 5.04. The molecule has 0 saturated heterocycles. The van der Waals surface area contributed by atoms with Gasteiger partial charge in [-0.3, -0.25) is 20.2 Å². The predicted octanol–water partition coefficient (Wildman–Crippen LogP) is 9.72. The van der Waals surface area contributed by atoms with Gasteiger partial charge in [0.2, 0.25) is 0 Å². The quantitative estimate of drug-likeness (QED) is 0.0900. The Balaban J connectivity index is 1.08. The van der Waals surface area contributed by atoms with Crippen LogP contribution in [0.3, 0.4) is 0 Å². The molecule has 9 nitrogen and oxygen atoms in total. The van der Waals surface area contributed by atoms with Crippen molar-refractivity contribution in [1.82, 2.24) is 0 Å². The lowest BCUT2D eigenvalue weighted by molar-refractivity contribution is -0.394. The predicted molar refractivity (Wildman–Crippen MR) is 182 cm³/mol. The van der Waals surface area contributed by atoms with Gasteiger partial charge in [-0.15, -0.1) is 0 Å². The molecule has 1 aromatic carbocycles. The number of nitro groups is 2. The van der Waals surface area contributed by atoms with Crippen molar-refractivity contribution in [3.05, 3.63) is 56.1 Å². The fraction of sp³-hybridized carbons (Fsp3) is 0.763. The summed E-state index contributed by atoms with van der Waals surface area (Å²) in [5.41, 5.74) is -0.341. The second kappa shape index (κ2) is 14.8. The molecule has 5 rings (SSSR count). The van der Waals surface area contributed by atoms with Gasteiger partial charge < -0.3 is 9.47 Å². The van der Waals surface area contributed by atoms with E-state index in [1.807, 2.05) is 6.08 Å². The third kappa shape index (κ3) is 7.60. The molecule has 0 amide bonds. The average Bonchev–Trinajstić information content (AvgIpc) is 3.39. The Bertz CT molecular complexity index is 1300. The topological polar surface area (TPSA) is 122 Å². The lowest BCUT2D eigenvalue weighted by Gasteiger charge is -2.61. The third-order valence-electron chi connectivity index (χ3n) is 13.3. The number of carbonyl (C=O) groups excluding carboxylic acids is 1. The number of fused-ring (bicyclic) bond motifs is 5. The molecule has 47 heavy (non-hydrogen) atoms. The van der Waals surface area contributed by atoms with Crippen LogP contribution in [-0.4, -0.2) is 35.1 Å². The van der Waals surface area contributed by atoms with Gasteiger partial charge in [-0.25, -0.2) is 4.79 Å². The van der Waals surface area contributed by atoms with E-state index < -0.39 is 27.2 Å². The highest BCUT2D eigenvalue weighted by Gasteiger charge is 2.60. The van der Waals surface area contributed by atoms with Crippen LogP contribution in [-0.2, 0) is 9.47 Å². The smallest absolute Gasteiger partial charge is 0.338 e. The molecule has 4 aliphatic rings. The summed E-state index contributed by atoms with van der Waals surface area (Å²) in [6.07, 6.45) is 19.7. The number of carbonyl (C=O) groups is 1. The number of nitro benzene ring substituents is 2. The van der Waals surface area contributed by atoms with Gasteiger partial charge in [0.15, 0.2) is 0 Å². The van der Waals surface area contributed by atoms with Gasteiger partial charge in [0, 0.05) is 12.1 Å². The van der Waals surface area contributed by atoms with Crippen LogP contribution >= 0.6 is 0 Å². The zero-order valence-electron chi connectivity index (χ0n) is 29.2. The van der Waals surface area contributed by atoms with Crippen LogP contribution in [0.1, 0.15) is 122 Å². The summed E-state index contributed by atoms with van der Waals surface area (Å²) in [6, 6.07) is 2.79. The van der Waals surface area contributed by atoms with Crippen LogP contribution in [0.2, 0.25) is 0 Å². The van der Waals surface area contributed by atoms with E-state index in [1.165, 1.54) is 64.2 Å². The van der Waals surface area contributed by atoms with Crippen LogP contribution < -0.4 is 0 Å². The molecule has 260 valence electrons. The van der Waals surface area contributed by atoms with Crippen LogP contribution in [0.15, 0.2) is 30.4 Å². The minimum atomic E-state index is -0.850. The molecule has 0 N–H and O–H groups in total. The molecule has 4 saturated carbocycles. The van der Waals surface area contributed by atoms with Gasteiger partial charge in [0.1, 0.15) is 6.61 Å². The first kappa shape index (κ1) is 35.5. The van der Waals surface area contributed by atoms with Gasteiger partial charge in [-0.2, -0.15) is 0 Å². The summed E-state index contributed by atoms with van der Waals surface area (Å²) in [4.78, 5) is 33.0. The molecule has 0 aliphatic heterocycles. The van der Waals surface area contributed by atoms with Crippen molar-refractivity contribution in [2.45, 2.75) is 118 Å². The van der Waals surface area contributed by atoms with Gasteiger partial charge in [0.05, 0.1) is 34.2 Å². The largest absolute Gasteiger partial charge is 0.458 e. The molecule has 9 atom stereocenters. The maximum atomic E-state index is 12.4. The Hall–Kier alpha value is -2.81. The Morgan fingerprint density at radius 3 is 2.21 bits per heavy atom. The van der Waals surface area contributed by atoms with Crippen LogP contribution in [0, 0.1) is 72.5 Å². The molecule has 0 spiro atoms. The van der Waals surface area contributed by atoms with Crippen molar-refractivity contribution in [3.63, 3.8) is 0 Å². The Kier molecular flexibility index (Phi) is 11.1. The van der Waals surface area contributed by atoms with E-state index in [4.69, 9.17) is 9.47 Å². The molecule has 0 radical (unpaired) electrons. The SMILES string of the molecule is CC(C)CCCC(C)C1CCC2C3CCC4CC(OCC=CCOC(=O)c5cc([N+](=O)[O-])cc([N+](=O)[O-])c5)CCC4(C)C3CCC12C. The molecular formula is C38H56N2O7. The van der Waals surface area contributed by atoms with Crippen molar-refractivity contribution < 1.29 is 24.1 Å². The maximum Gasteiger partial charge on any atom is 0.338 e. The zero-order valence-corrected chi connectivity index (χ0v) is 29.2. The Labute approximate surface area is 280 Å². The summed E-state index contributed by atoms with van der Waals surface area (Å²) in [7, 11) is 0. The van der Waals surface area contributed by atoms with E-state index in [9.17, 15) is 25.0 Å². The summed E-state index contributed by atoms with van der Waals surface area (Å²) >= 11 is 0. The van der Waals surface area contributed by atoms with E-state index in [0.717, 1.165) is 66.5 Å². The van der Waals surface area contributed by atoms with Gasteiger partial charge in [-0.05, 0) is 116 Å². The van der Waals surface area contributed by atoms with Crippen molar-refractivity contribution >= 4 is 17.3 Å². The maximum absolute atomic E-state index is 12.4. The summed E-state index contributed by atoms with van der Waals surface area (Å²) < 4.78 is 11.5. The van der Waals surface area contributed by atoms with Gasteiger partial charge in [-0.1, -0.05) is 60.0 Å². The van der Waals surface area contributed by atoms with E-state index in [2.05, 4.69) is 34.6 Å². The zero-order chi connectivity index (χ0) is 33.9.